The first-order valence-electron chi connectivity index (χ1n) is 12.0. The molecule has 2 fully saturated rings. The minimum atomic E-state index is -0.945. The van der Waals surface area contributed by atoms with Crippen LogP contribution >= 0.6 is 22.6 Å². The van der Waals surface area contributed by atoms with Gasteiger partial charge < -0.3 is 25.2 Å². The molecule has 3 atom stereocenters. The van der Waals surface area contributed by atoms with E-state index in [1.54, 1.807) is 6.08 Å². The Bertz CT molecular complexity index is 881. The van der Waals surface area contributed by atoms with E-state index in [9.17, 15) is 14.7 Å². The molecular weight excluding hydrogens is 535 g/mol. The third-order valence-electron chi connectivity index (χ3n) is 6.85. The molecule has 1 aromatic carbocycles. The number of hydrogen-bond acceptors (Lipinski definition) is 5. The molecule has 8 heteroatoms. The Morgan fingerprint density at radius 1 is 1.15 bits per heavy atom. The number of nitrogens with one attached hydrogen (secondary N) is 1. The van der Waals surface area contributed by atoms with Crippen LogP contribution in [0.15, 0.2) is 35.9 Å². The summed E-state index contributed by atoms with van der Waals surface area (Å²) in [6.45, 7) is 0.623. The third kappa shape index (κ3) is 6.08. The zero-order valence-electron chi connectivity index (χ0n) is 18.8. The Morgan fingerprint density at radius 2 is 1.88 bits per heavy atom. The van der Waals surface area contributed by atoms with Gasteiger partial charge in [-0.05, 0) is 72.4 Å². The molecule has 0 saturated heterocycles. The summed E-state index contributed by atoms with van der Waals surface area (Å²) in [7, 11) is 0. The van der Waals surface area contributed by atoms with Gasteiger partial charge in [0, 0.05) is 31.0 Å². The van der Waals surface area contributed by atoms with Gasteiger partial charge in [-0.2, -0.15) is 0 Å². The van der Waals surface area contributed by atoms with Crippen molar-refractivity contribution in [3.8, 4) is 5.75 Å². The van der Waals surface area contributed by atoms with Gasteiger partial charge in [0.2, 0.25) is 11.8 Å². The average molecular weight is 568 g/mol. The maximum Gasteiger partial charge on any atom is 0.247 e. The fourth-order valence-electron chi connectivity index (χ4n) is 4.84. The molecular formula is C25H33IN2O5. The van der Waals surface area contributed by atoms with Crippen LogP contribution in [0.3, 0.4) is 0 Å². The van der Waals surface area contributed by atoms with Gasteiger partial charge in [-0.3, -0.25) is 9.59 Å². The van der Waals surface area contributed by atoms with Crippen LogP contribution in [0.5, 0.6) is 5.75 Å². The van der Waals surface area contributed by atoms with E-state index in [-0.39, 0.29) is 37.3 Å². The van der Waals surface area contributed by atoms with E-state index in [0.29, 0.717) is 23.8 Å². The number of benzene rings is 1. The molecule has 3 N–H and O–H groups in total. The quantitative estimate of drug-likeness (QED) is 0.398. The maximum atomic E-state index is 13.5. The number of carbonyl (C=O) groups is 2. The van der Waals surface area contributed by atoms with Crippen molar-refractivity contribution in [2.24, 2.45) is 11.8 Å². The van der Waals surface area contributed by atoms with Crippen molar-refractivity contribution in [1.82, 2.24) is 10.2 Å². The molecule has 0 aromatic heterocycles. The number of aliphatic hydroxyl groups is 2. The highest BCUT2D eigenvalue weighted by Gasteiger charge is 2.43. The molecule has 180 valence electrons. The second kappa shape index (κ2) is 11.2. The fraction of sp³-hybridized carbons (Fsp3) is 0.600. The van der Waals surface area contributed by atoms with Crippen molar-refractivity contribution in [3.63, 3.8) is 0 Å². The summed E-state index contributed by atoms with van der Waals surface area (Å²) in [5.41, 5.74) is 0.481. The second-order valence-electron chi connectivity index (χ2n) is 9.36. The van der Waals surface area contributed by atoms with Crippen LogP contribution in [0.1, 0.15) is 44.9 Å². The number of amides is 2. The van der Waals surface area contributed by atoms with Gasteiger partial charge in [0.1, 0.15) is 18.0 Å². The Balaban J connectivity index is 1.62. The van der Waals surface area contributed by atoms with E-state index in [1.807, 2.05) is 29.2 Å². The number of halogens is 1. The van der Waals surface area contributed by atoms with Crippen molar-refractivity contribution < 1.29 is 24.5 Å². The first-order valence-corrected chi connectivity index (χ1v) is 13.0. The van der Waals surface area contributed by atoms with Gasteiger partial charge >= 0.3 is 0 Å². The summed E-state index contributed by atoms with van der Waals surface area (Å²) in [6.07, 6.45) is 6.35. The van der Waals surface area contributed by atoms with E-state index < -0.39 is 18.2 Å². The van der Waals surface area contributed by atoms with Crippen LogP contribution in [0, 0.1) is 15.4 Å². The lowest BCUT2D eigenvalue weighted by molar-refractivity contribution is -0.143. The van der Waals surface area contributed by atoms with Gasteiger partial charge in [-0.15, -0.1) is 0 Å². The van der Waals surface area contributed by atoms with Gasteiger partial charge in [-0.1, -0.05) is 25.0 Å². The average Bonchev–Trinajstić information content (AvgIpc) is 3.47. The summed E-state index contributed by atoms with van der Waals surface area (Å²) in [5, 5.41) is 23.2. The van der Waals surface area contributed by atoms with Crippen LogP contribution in [-0.2, 0) is 9.59 Å². The van der Waals surface area contributed by atoms with Crippen LogP contribution in [0.25, 0.3) is 0 Å². The Labute approximate surface area is 208 Å². The SMILES string of the molecule is O=C(NCCO)C1=C[C@H](Oc2ccccc2I)[C@@H](O)[C@H](N(CC2CC2)C(=O)C2CCCC2)C1. The van der Waals surface area contributed by atoms with E-state index in [4.69, 9.17) is 9.84 Å². The minimum Gasteiger partial charge on any atom is -0.482 e. The van der Waals surface area contributed by atoms with Crippen molar-refractivity contribution in [2.75, 3.05) is 19.7 Å². The highest BCUT2D eigenvalue weighted by atomic mass is 127. The molecule has 0 heterocycles. The smallest absolute Gasteiger partial charge is 0.247 e. The molecule has 4 rings (SSSR count). The number of carbonyl (C=O) groups excluding carboxylic acids is 2. The van der Waals surface area contributed by atoms with Crippen LogP contribution in [-0.4, -0.2) is 64.9 Å². The lowest BCUT2D eigenvalue weighted by Gasteiger charge is -2.41. The molecule has 2 amide bonds. The predicted octanol–water partition coefficient (Wildman–Crippen LogP) is 2.64. The largest absolute Gasteiger partial charge is 0.482 e. The molecule has 2 saturated carbocycles. The Hall–Kier alpha value is -1.65. The summed E-state index contributed by atoms with van der Waals surface area (Å²) < 4.78 is 7.09. The van der Waals surface area contributed by atoms with E-state index in [2.05, 4.69) is 27.9 Å². The molecule has 7 nitrogen and oxygen atoms in total. The molecule has 33 heavy (non-hydrogen) atoms. The molecule has 0 bridgehead atoms. The van der Waals surface area contributed by atoms with Crippen LogP contribution in [0.2, 0.25) is 0 Å². The number of rotatable bonds is 9. The molecule has 1 aromatic rings. The molecule has 0 aliphatic heterocycles. The maximum absolute atomic E-state index is 13.5. The molecule has 3 aliphatic rings. The number of hydrogen-bond donors (Lipinski definition) is 3. The Kier molecular flexibility index (Phi) is 8.29. The van der Waals surface area contributed by atoms with Crippen molar-refractivity contribution >= 4 is 34.4 Å². The van der Waals surface area contributed by atoms with Crippen LogP contribution in [0.4, 0.5) is 0 Å². The zero-order valence-corrected chi connectivity index (χ0v) is 20.9. The zero-order chi connectivity index (χ0) is 23.4. The molecule has 0 spiro atoms. The number of para-hydroxylation sites is 1. The highest BCUT2D eigenvalue weighted by molar-refractivity contribution is 14.1. The number of aliphatic hydroxyl groups excluding tert-OH is 2. The minimum absolute atomic E-state index is 0.00274. The summed E-state index contributed by atoms with van der Waals surface area (Å²) in [4.78, 5) is 28.2. The summed E-state index contributed by atoms with van der Waals surface area (Å²) in [5.74, 6) is 0.910. The number of nitrogens with zero attached hydrogens (tertiary/aromatic N) is 1. The lowest BCUT2D eigenvalue weighted by atomic mass is 9.87. The molecule has 0 unspecified atom stereocenters. The standard InChI is InChI=1S/C25H33IN2O5/c26-19-7-3-4-8-21(19)33-22-14-18(24(31)27-11-12-29)13-20(23(22)30)28(15-16-9-10-16)25(32)17-5-1-2-6-17/h3-4,7-8,14,16-17,20,22-23,29-30H,1-2,5-6,9-13,15H2,(H,27,31)/t20-,22+,23+/m1/s1. The second-order valence-corrected chi connectivity index (χ2v) is 10.5. The predicted molar refractivity (Wildman–Crippen MR) is 133 cm³/mol. The molecule has 0 radical (unpaired) electrons. The van der Waals surface area contributed by atoms with Gasteiger partial charge in [0.15, 0.2) is 0 Å². The van der Waals surface area contributed by atoms with Crippen molar-refractivity contribution in [1.29, 1.82) is 0 Å². The lowest BCUT2D eigenvalue weighted by Crippen LogP contribution is -2.56. The first kappa shape index (κ1) is 24.5. The monoisotopic (exact) mass is 568 g/mol. The van der Waals surface area contributed by atoms with Crippen molar-refractivity contribution in [2.45, 2.75) is 63.2 Å². The van der Waals surface area contributed by atoms with E-state index >= 15 is 0 Å². The molecule has 3 aliphatic carbocycles. The highest BCUT2D eigenvalue weighted by Crippen LogP contribution is 2.36. The first-order chi connectivity index (χ1) is 16.0. The third-order valence-corrected chi connectivity index (χ3v) is 7.74. The van der Waals surface area contributed by atoms with Gasteiger partial charge in [-0.25, -0.2) is 0 Å². The fourth-order valence-corrected chi connectivity index (χ4v) is 5.36. The van der Waals surface area contributed by atoms with Crippen molar-refractivity contribution in [3.05, 3.63) is 39.5 Å². The van der Waals surface area contributed by atoms with Gasteiger partial charge in [0.05, 0.1) is 16.2 Å². The van der Waals surface area contributed by atoms with E-state index in [0.717, 1.165) is 42.1 Å². The topological polar surface area (TPSA) is 99.1 Å². The van der Waals surface area contributed by atoms with Crippen LogP contribution < -0.4 is 10.1 Å². The summed E-state index contributed by atoms with van der Waals surface area (Å²) in [6, 6.07) is 7.01. The summed E-state index contributed by atoms with van der Waals surface area (Å²) >= 11 is 2.18. The van der Waals surface area contributed by atoms with E-state index in [1.165, 1.54) is 0 Å². The Morgan fingerprint density at radius 3 is 2.55 bits per heavy atom. The number of ether oxygens (including phenoxy) is 1. The van der Waals surface area contributed by atoms with Gasteiger partial charge in [0.25, 0.3) is 0 Å². The normalized spacial score (nSPS) is 25.4.